The Morgan fingerprint density at radius 2 is 1.36 bits per heavy atom. The van der Waals surface area contributed by atoms with Gasteiger partial charge in [-0.1, -0.05) is 30.3 Å². The molecule has 5 nitrogen and oxygen atoms in total. The highest BCUT2D eigenvalue weighted by molar-refractivity contribution is 7.51. The molecule has 0 saturated heterocycles. The Hall–Kier alpha value is -2.85. The largest absolute Gasteiger partial charge is 0.392 e. The third-order valence-electron chi connectivity index (χ3n) is 4.98. The molecule has 4 rings (SSSR count). The summed E-state index contributed by atoms with van der Waals surface area (Å²) in [7, 11) is -4.17. The molecule has 2 aromatic heterocycles. The summed E-state index contributed by atoms with van der Waals surface area (Å²) in [5.41, 5.74) is 3.14. The summed E-state index contributed by atoms with van der Waals surface area (Å²) in [6, 6.07) is 22.3. The zero-order valence-electron chi connectivity index (χ0n) is 15.4. The van der Waals surface area contributed by atoms with Crippen LogP contribution in [0, 0.1) is 0 Å². The van der Waals surface area contributed by atoms with Crippen molar-refractivity contribution >= 4 is 18.4 Å². The maximum absolute atomic E-state index is 11.4. The van der Waals surface area contributed by atoms with Crippen LogP contribution in [0.4, 0.5) is 0 Å². The van der Waals surface area contributed by atoms with E-state index in [1.807, 2.05) is 48.8 Å². The van der Waals surface area contributed by atoms with Crippen LogP contribution in [0.1, 0.15) is 12.7 Å². The number of pyridine rings is 2. The van der Waals surface area contributed by atoms with Crippen LogP contribution in [-0.2, 0) is 4.57 Å². The molecule has 0 bridgehead atoms. The molecular formula is C22H21N2O3P+2. The van der Waals surface area contributed by atoms with Gasteiger partial charge in [0.25, 0.3) is 5.78 Å². The Kier molecular flexibility index (Phi) is 4.82. The molecule has 28 heavy (non-hydrogen) atoms. The molecule has 0 saturated carbocycles. The van der Waals surface area contributed by atoms with Gasteiger partial charge in [-0.2, -0.15) is 9.13 Å². The molecule has 2 aromatic carbocycles. The van der Waals surface area contributed by atoms with Gasteiger partial charge in [-0.3, -0.25) is 4.57 Å². The average Bonchev–Trinajstić information content (AvgIpc) is 2.72. The first-order valence-electron chi connectivity index (χ1n) is 8.99. The fraction of sp³-hybridized carbons (Fsp3) is 0.0909. The van der Waals surface area contributed by atoms with Gasteiger partial charge in [0, 0.05) is 37.3 Å². The molecule has 0 fully saturated rings. The molecule has 2 N–H and O–H groups in total. The molecule has 4 aromatic rings. The maximum Gasteiger partial charge on any atom is 0.392 e. The smallest absolute Gasteiger partial charge is 0.320 e. The van der Waals surface area contributed by atoms with Crippen LogP contribution < -0.4 is 9.13 Å². The number of nitrogens with zero attached hydrogens (tertiary/aromatic N) is 2. The van der Waals surface area contributed by atoms with Crippen LogP contribution in [0.25, 0.3) is 27.6 Å². The fourth-order valence-corrected chi connectivity index (χ4v) is 3.77. The molecule has 0 aliphatic rings. The molecule has 0 amide bonds. The van der Waals surface area contributed by atoms with E-state index in [0.717, 1.165) is 16.8 Å². The Morgan fingerprint density at radius 3 is 2.00 bits per heavy atom. The maximum atomic E-state index is 11.4. The van der Waals surface area contributed by atoms with Gasteiger partial charge >= 0.3 is 7.60 Å². The van der Waals surface area contributed by atoms with Crippen molar-refractivity contribution in [3.05, 3.63) is 91.5 Å². The van der Waals surface area contributed by atoms with Crippen molar-refractivity contribution < 1.29 is 23.5 Å². The number of hydrogen-bond donors (Lipinski definition) is 2. The van der Waals surface area contributed by atoms with E-state index in [2.05, 4.69) is 34.9 Å². The molecule has 1 unspecified atom stereocenters. The standard InChI is InChI=1S/C22H19N2O3P/c1-17(28(25,26)27)23-13-9-18(10-14-23)19-11-15-24(16-12-19)22-8-4-6-20-5-2-3-7-21(20)22/h2-17H,1H3/p+2. The van der Waals surface area contributed by atoms with Crippen LogP contribution in [0.5, 0.6) is 0 Å². The highest BCUT2D eigenvalue weighted by Gasteiger charge is 2.32. The Labute approximate surface area is 163 Å². The highest BCUT2D eigenvalue weighted by atomic mass is 31.2. The first-order valence-corrected chi connectivity index (χ1v) is 10.7. The third kappa shape index (κ3) is 3.60. The van der Waals surface area contributed by atoms with E-state index in [9.17, 15) is 14.4 Å². The van der Waals surface area contributed by atoms with E-state index < -0.39 is 13.4 Å². The molecule has 1 atom stereocenters. The second-order valence-corrected chi connectivity index (χ2v) is 8.67. The van der Waals surface area contributed by atoms with Gasteiger partial charge in [0.15, 0.2) is 24.8 Å². The monoisotopic (exact) mass is 392 g/mol. The van der Waals surface area contributed by atoms with Crippen LogP contribution >= 0.6 is 7.60 Å². The van der Waals surface area contributed by atoms with Crippen molar-refractivity contribution in [1.82, 2.24) is 0 Å². The normalized spacial score (nSPS) is 12.8. The summed E-state index contributed by atoms with van der Waals surface area (Å²) in [4.78, 5) is 18.7. The minimum atomic E-state index is -4.17. The van der Waals surface area contributed by atoms with Crippen LogP contribution in [0.15, 0.2) is 91.5 Å². The fourth-order valence-electron chi connectivity index (χ4n) is 3.27. The first-order chi connectivity index (χ1) is 13.4. The summed E-state index contributed by atoms with van der Waals surface area (Å²) in [5, 5.41) is 2.39. The Balaban J connectivity index is 1.64. The van der Waals surface area contributed by atoms with Crippen molar-refractivity contribution in [3.63, 3.8) is 0 Å². The van der Waals surface area contributed by atoms with Crippen molar-refractivity contribution in [1.29, 1.82) is 0 Å². The average molecular weight is 392 g/mol. The predicted molar refractivity (Wildman–Crippen MR) is 108 cm³/mol. The third-order valence-corrected chi connectivity index (χ3v) is 6.22. The lowest BCUT2D eigenvalue weighted by Gasteiger charge is -2.09. The van der Waals surface area contributed by atoms with Crippen molar-refractivity contribution in [2.45, 2.75) is 12.7 Å². The van der Waals surface area contributed by atoms with E-state index in [-0.39, 0.29) is 0 Å². The Morgan fingerprint density at radius 1 is 0.786 bits per heavy atom. The van der Waals surface area contributed by atoms with Crippen LogP contribution in [0.2, 0.25) is 0 Å². The second-order valence-electron chi connectivity index (χ2n) is 6.75. The first kappa shape index (κ1) is 18.5. The van der Waals surface area contributed by atoms with Gasteiger partial charge in [0.05, 0.1) is 5.39 Å². The number of fused-ring (bicyclic) bond motifs is 1. The van der Waals surface area contributed by atoms with Gasteiger partial charge in [-0.15, -0.1) is 0 Å². The summed E-state index contributed by atoms with van der Waals surface area (Å²) in [5.74, 6) is -0.883. The summed E-state index contributed by atoms with van der Waals surface area (Å²) in [6.45, 7) is 1.51. The predicted octanol–water partition coefficient (Wildman–Crippen LogP) is 3.77. The topological polar surface area (TPSA) is 65.3 Å². The second kappa shape index (κ2) is 7.28. The zero-order valence-corrected chi connectivity index (χ0v) is 16.3. The molecular weight excluding hydrogens is 371 g/mol. The van der Waals surface area contributed by atoms with Crippen molar-refractivity contribution in [2.75, 3.05) is 0 Å². The quantitative estimate of drug-likeness (QED) is 0.411. The number of hydrogen-bond acceptors (Lipinski definition) is 1. The van der Waals surface area contributed by atoms with Crippen molar-refractivity contribution in [3.8, 4) is 16.8 Å². The molecule has 0 aliphatic carbocycles. The summed E-state index contributed by atoms with van der Waals surface area (Å²) in [6.07, 6.45) is 7.45. The minimum Gasteiger partial charge on any atom is -0.320 e. The number of rotatable bonds is 4. The van der Waals surface area contributed by atoms with E-state index >= 15 is 0 Å². The summed E-state index contributed by atoms with van der Waals surface area (Å²) < 4.78 is 15.0. The van der Waals surface area contributed by atoms with Crippen LogP contribution in [-0.4, -0.2) is 9.79 Å². The number of benzene rings is 2. The summed E-state index contributed by atoms with van der Waals surface area (Å²) >= 11 is 0. The van der Waals surface area contributed by atoms with Gasteiger partial charge in [-0.25, -0.2) is 0 Å². The molecule has 0 radical (unpaired) electrons. The molecule has 0 spiro atoms. The van der Waals surface area contributed by atoms with Gasteiger partial charge < -0.3 is 9.79 Å². The highest BCUT2D eigenvalue weighted by Crippen LogP contribution is 2.45. The van der Waals surface area contributed by atoms with E-state index in [0.29, 0.717) is 0 Å². The lowest BCUT2D eigenvalue weighted by Crippen LogP contribution is -2.36. The van der Waals surface area contributed by atoms with Crippen molar-refractivity contribution in [2.24, 2.45) is 0 Å². The molecule has 0 aliphatic heterocycles. The van der Waals surface area contributed by atoms with E-state index in [1.54, 1.807) is 12.4 Å². The van der Waals surface area contributed by atoms with Gasteiger partial charge in [0.2, 0.25) is 5.69 Å². The molecule has 2 heterocycles. The van der Waals surface area contributed by atoms with Crippen LogP contribution in [0.3, 0.4) is 0 Å². The Bertz CT molecular complexity index is 1160. The van der Waals surface area contributed by atoms with Gasteiger partial charge in [0.1, 0.15) is 0 Å². The van der Waals surface area contributed by atoms with E-state index in [4.69, 9.17) is 0 Å². The van der Waals surface area contributed by atoms with Gasteiger partial charge in [-0.05, 0) is 22.6 Å². The molecule has 140 valence electrons. The lowest BCUT2D eigenvalue weighted by atomic mass is 10.1. The molecule has 6 heteroatoms. The lowest BCUT2D eigenvalue weighted by molar-refractivity contribution is -0.701. The minimum absolute atomic E-state index is 0.883. The number of aromatic nitrogens is 2. The van der Waals surface area contributed by atoms with E-state index in [1.165, 1.54) is 22.3 Å². The SMILES string of the molecule is CC([n+]1ccc(-c2cc[n+](-c3cccc4ccccc34)cc2)cc1)P(=O)(O)O. The zero-order chi connectivity index (χ0) is 19.7.